The highest BCUT2D eigenvalue weighted by atomic mass is 35.5. The van der Waals surface area contributed by atoms with Gasteiger partial charge in [0, 0.05) is 6.04 Å². The zero-order valence-electron chi connectivity index (χ0n) is 8.36. The Labute approximate surface area is 92.3 Å². The van der Waals surface area contributed by atoms with E-state index in [0.717, 1.165) is 6.42 Å². The SMILES string of the molecule is C#CCN[C@H](C)Cc1ccccc1.Cl. The summed E-state index contributed by atoms with van der Waals surface area (Å²) in [6, 6.07) is 10.9. The number of nitrogens with one attached hydrogen (secondary N) is 1. The Morgan fingerprint density at radius 3 is 2.57 bits per heavy atom. The van der Waals surface area contributed by atoms with Gasteiger partial charge >= 0.3 is 0 Å². The van der Waals surface area contributed by atoms with Crippen LogP contribution in [0.3, 0.4) is 0 Å². The molecule has 0 amide bonds. The second-order valence-electron chi connectivity index (χ2n) is 3.18. The van der Waals surface area contributed by atoms with Crippen LogP contribution in [-0.2, 0) is 6.42 Å². The maximum atomic E-state index is 5.16. The zero-order chi connectivity index (χ0) is 9.52. The van der Waals surface area contributed by atoms with Crippen LogP contribution in [0.2, 0.25) is 0 Å². The summed E-state index contributed by atoms with van der Waals surface area (Å²) in [6.45, 7) is 2.79. The molecule has 0 bridgehead atoms. The molecule has 76 valence electrons. The predicted octanol–water partition coefficient (Wildman–Crippen LogP) is 2.26. The summed E-state index contributed by atoms with van der Waals surface area (Å²) in [5.74, 6) is 2.57. The molecule has 0 aliphatic heterocycles. The zero-order valence-corrected chi connectivity index (χ0v) is 9.18. The summed E-state index contributed by atoms with van der Waals surface area (Å²) < 4.78 is 0. The van der Waals surface area contributed by atoms with Crippen molar-refractivity contribution >= 4 is 12.4 Å². The lowest BCUT2D eigenvalue weighted by Crippen LogP contribution is -2.28. The van der Waals surface area contributed by atoms with Gasteiger partial charge in [0.2, 0.25) is 0 Å². The molecular weight excluding hydrogens is 194 g/mol. The summed E-state index contributed by atoms with van der Waals surface area (Å²) in [7, 11) is 0. The summed E-state index contributed by atoms with van der Waals surface area (Å²) >= 11 is 0. The molecule has 1 atom stereocenters. The van der Waals surface area contributed by atoms with E-state index in [2.05, 4.69) is 42.4 Å². The van der Waals surface area contributed by atoms with Gasteiger partial charge in [-0.2, -0.15) is 0 Å². The van der Waals surface area contributed by atoms with Crippen LogP contribution >= 0.6 is 12.4 Å². The van der Waals surface area contributed by atoms with Gasteiger partial charge in [0.15, 0.2) is 0 Å². The molecule has 0 fully saturated rings. The van der Waals surface area contributed by atoms with E-state index in [1.54, 1.807) is 0 Å². The highest BCUT2D eigenvalue weighted by Gasteiger charge is 2.00. The van der Waals surface area contributed by atoms with Crippen molar-refractivity contribution in [3.8, 4) is 12.3 Å². The maximum absolute atomic E-state index is 5.16. The average molecular weight is 210 g/mol. The molecule has 0 spiro atoms. The number of hydrogen-bond acceptors (Lipinski definition) is 1. The molecule has 0 aromatic heterocycles. The summed E-state index contributed by atoms with van der Waals surface area (Å²) in [4.78, 5) is 0. The summed E-state index contributed by atoms with van der Waals surface area (Å²) in [5.41, 5.74) is 1.35. The van der Waals surface area contributed by atoms with Crippen LogP contribution in [0.5, 0.6) is 0 Å². The molecule has 2 heteroatoms. The first-order valence-corrected chi connectivity index (χ1v) is 4.53. The van der Waals surface area contributed by atoms with Crippen LogP contribution in [0.1, 0.15) is 12.5 Å². The first-order chi connectivity index (χ1) is 6.33. The van der Waals surface area contributed by atoms with Crippen LogP contribution in [-0.4, -0.2) is 12.6 Å². The normalized spacial score (nSPS) is 11.1. The molecule has 0 aliphatic rings. The summed E-state index contributed by atoms with van der Waals surface area (Å²) in [6.07, 6.45) is 6.19. The third kappa shape index (κ3) is 4.91. The second-order valence-corrected chi connectivity index (χ2v) is 3.18. The lowest BCUT2D eigenvalue weighted by Gasteiger charge is -2.11. The number of hydrogen-bond donors (Lipinski definition) is 1. The van der Waals surface area contributed by atoms with Crippen molar-refractivity contribution in [3.05, 3.63) is 35.9 Å². The van der Waals surface area contributed by atoms with Gasteiger partial charge in [-0.15, -0.1) is 18.8 Å². The van der Waals surface area contributed by atoms with Crippen LogP contribution in [0.15, 0.2) is 30.3 Å². The minimum Gasteiger partial charge on any atom is -0.303 e. The number of halogens is 1. The van der Waals surface area contributed by atoms with Crippen LogP contribution < -0.4 is 5.32 Å². The Kier molecular flexibility index (Phi) is 6.92. The Bertz CT molecular complexity index is 276. The van der Waals surface area contributed by atoms with E-state index in [4.69, 9.17) is 6.42 Å². The predicted molar refractivity (Wildman–Crippen MR) is 63.7 cm³/mol. The Morgan fingerprint density at radius 1 is 1.36 bits per heavy atom. The van der Waals surface area contributed by atoms with E-state index in [0.29, 0.717) is 12.6 Å². The lowest BCUT2D eigenvalue weighted by atomic mass is 10.1. The van der Waals surface area contributed by atoms with Gasteiger partial charge in [0.25, 0.3) is 0 Å². The Hall–Kier alpha value is -0.970. The number of benzene rings is 1. The first-order valence-electron chi connectivity index (χ1n) is 4.53. The van der Waals surface area contributed by atoms with Crippen molar-refractivity contribution in [1.82, 2.24) is 5.32 Å². The van der Waals surface area contributed by atoms with Gasteiger partial charge in [-0.3, -0.25) is 0 Å². The van der Waals surface area contributed by atoms with Crippen LogP contribution in [0, 0.1) is 12.3 Å². The van der Waals surface area contributed by atoms with Crippen molar-refractivity contribution < 1.29 is 0 Å². The number of rotatable bonds is 4. The lowest BCUT2D eigenvalue weighted by molar-refractivity contribution is 0.585. The minimum atomic E-state index is 0. The van der Waals surface area contributed by atoms with Gasteiger partial charge in [-0.25, -0.2) is 0 Å². The highest BCUT2D eigenvalue weighted by molar-refractivity contribution is 5.85. The first kappa shape index (κ1) is 13.0. The smallest absolute Gasteiger partial charge is 0.0575 e. The molecule has 1 N–H and O–H groups in total. The molecular formula is C12H16ClN. The molecule has 14 heavy (non-hydrogen) atoms. The van der Waals surface area contributed by atoms with Gasteiger partial charge in [0.05, 0.1) is 6.54 Å². The maximum Gasteiger partial charge on any atom is 0.0575 e. The molecule has 1 aromatic rings. The van der Waals surface area contributed by atoms with Gasteiger partial charge < -0.3 is 5.32 Å². The van der Waals surface area contributed by atoms with Gasteiger partial charge in [-0.05, 0) is 18.9 Å². The summed E-state index contributed by atoms with van der Waals surface area (Å²) in [5, 5.41) is 3.24. The highest BCUT2D eigenvalue weighted by Crippen LogP contribution is 2.01. The monoisotopic (exact) mass is 209 g/mol. The van der Waals surface area contributed by atoms with Crippen molar-refractivity contribution in [3.63, 3.8) is 0 Å². The topological polar surface area (TPSA) is 12.0 Å². The molecule has 0 unspecified atom stereocenters. The van der Waals surface area contributed by atoms with Crippen LogP contribution in [0.4, 0.5) is 0 Å². The molecule has 1 rings (SSSR count). The van der Waals surface area contributed by atoms with Crippen molar-refractivity contribution in [2.24, 2.45) is 0 Å². The van der Waals surface area contributed by atoms with E-state index in [1.807, 2.05) is 6.07 Å². The van der Waals surface area contributed by atoms with E-state index in [1.165, 1.54) is 5.56 Å². The fraction of sp³-hybridized carbons (Fsp3) is 0.333. The van der Waals surface area contributed by atoms with Crippen LogP contribution in [0.25, 0.3) is 0 Å². The Balaban J connectivity index is 0.00000169. The molecule has 0 saturated heterocycles. The third-order valence-electron chi connectivity index (χ3n) is 1.94. The van der Waals surface area contributed by atoms with E-state index >= 15 is 0 Å². The van der Waals surface area contributed by atoms with Gasteiger partial charge in [-0.1, -0.05) is 36.3 Å². The standard InChI is InChI=1S/C12H15N.ClH/c1-3-9-13-11(2)10-12-7-5-4-6-8-12;/h1,4-8,11,13H,9-10H2,2H3;1H/t11-;/m1./s1. The van der Waals surface area contributed by atoms with E-state index in [9.17, 15) is 0 Å². The molecule has 0 radical (unpaired) electrons. The average Bonchev–Trinajstić information content (AvgIpc) is 2.16. The molecule has 0 heterocycles. The fourth-order valence-corrected chi connectivity index (χ4v) is 1.27. The Morgan fingerprint density at radius 2 is 2.00 bits per heavy atom. The molecule has 1 aromatic carbocycles. The second kappa shape index (κ2) is 7.44. The number of terminal acetylenes is 1. The third-order valence-corrected chi connectivity index (χ3v) is 1.94. The molecule has 0 aliphatic carbocycles. The molecule has 1 nitrogen and oxygen atoms in total. The van der Waals surface area contributed by atoms with Crippen molar-refractivity contribution in [1.29, 1.82) is 0 Å². The van der Waals surface area contributed by atoms with E-state index in [-0.39, 0.29) is 12.4 Å². The van der Waals surface area contributed by atoms with Gasteiger partial charge in [0.1, 0.15) is 0 Å². The fourth-order valence-electron chi connectivity index (χ4n) is 1.27. The van der Waals surface area contributed by atoms with Crippen molar-refractivity contribution in [2.45, 2.75) is 19.4 Å². The quantitative estimate of drug-likeness (QED) is 0.751. The largest absolute Gasteiger partial charge is 0.303 e. The molecule has 0 saturated carbocycles. The van der Waals surface area contributed by atoms with E-state index < -0.39 is 0 Å². The minimum absolute atomic E-state index is 0. The van der Waals surface area contributed by atoms with Crippen molar-refractivity contribution in [2.75, 3.05) is 6.54 Å².